The molecule has 2 amide bonds. The number of ether oxygens (including phenoxy) is 3. The third kappa shape index (κ3) is 4.86. The maximum atomic E-state index is 12.9. The molecule has 1 N–H and O–H groups in total. The van der Waals surface area contributed by atoms with Crippen LogP contribution in [0.3, 0.4) is 0 Å². The lowest BCUT2D eigenvalue weighted by Gasteiger charge is -2.20. The number of carbonyl (C=O) groups is 2. The molecule has 2 aromatic carbocycles. The Labute approximate surface area is 170 Å². The molecular weight excluding hydrogens is 372 g/mol. The second-order valence-electron chi connectivity index (χ2n) is 6.89. The summed E-state index contributed by atoms with van der Waals surface area (Å²) < 4.78 is 16.2. The number of benzene rings is 2. The van der Waals surface area contributed by atoms with Crippen molar-refractivity contribution in [1.29, 1.82) is 0 Å². The van der Waals surface area contributed by atoms with Crippen LogP contribution in [-0.2, 0) is 16.1 Å². The van der Waals surface area contributed by atoms with Crippen LogP contribution in [0.1, 0.15) is 28.8 Å². The average Bonchev–Trinajstić information content (AvgIpc) is 3.28. The van der Waals surface area contributed by atoms with Gasteiger partial charge in [0.1, 0.15) is 6.10 Å². The van der Waals surface area contributed by atoms with E-state index in [1.54, 1.807) is 50.4 Å². The maximum absolute atomic E-state index is 12.9. The highest BCUT2D eigenvalue weighted by Gasteiger charge is 2.24. The Hall–Kier alpha value is -3.06. The monoisotopic (exact) mass is 398 g/mol. The molecule has 0 unspecified atom stereocenters. The van der Waals surface area contributed by atoms with E-state index in [9.17, 15) is 9.59 Å². The molecule has 0 radical (unpaired) electrons. The van der Waals surface area contributed by atoms with Gasteiger partial charge < -0.3 is 24.4 Å². The van der Waals surface area contributed by atoms with E-state index in [1.165, 1.54) is 0 Å². The molecule has 1 aliphatic heterocycles. The first-order valence-electron chi connectivity index (χ1n) is 9.51. The van der Waals surface area contributed by atoms with Gasteiger partial charge in [-0.2, -0.15) is 0 Å². The summed E-state index contributed by atoms with van der Waals surface area (Å²) in [5, 5.41) is 2.83. The third-order valence-corrected chi connectivity index (χ3v) is 4.84. The van der Waals surface area contributed by atoms with Gasteiger partial charge in [-0.15, -0.1) is 0 Å². The standard InChI is InChI=1S/C22H26N2O5/c1-24(14-16-8-5-10-18(27-2)20(16)28-3)22(26)15-7-4-9-17(13-15)23-21(25)19-11-6-12-29-19/h4-5,7-10,13,19H,6,11-12,14H2,1-3H3,(H,23,25)/t19-/m0/s1. The van der Waals surface area contributed by atoms with E-state index in [2.05, 4.69) is 5.32 Å². The molecule has 1 aliphatic rings. The zero-order chi connectivity index (χ0) is 20.8. The molecule has 0 bridgehead atoms. The zero-order valence-electron chi connectivity index (χ0n) is 16.9. The molecule has 1 atom stereocenters. The summed E-state index contributed by atoms with van der Waals surface area (Å²) >= 11 is 0. The van der Waals surface area contributed by atoms with E-state index in [0.29, 0.717) is 35.9 Å². The van der Waals surface area contributed by atoms with Gasteiger partial charge in [-0.1, -0.05) is 18.2 Å². The fourth-order valence-electron chi connectivity index (χ4n) is 3.36. The van der Waals surface area contributed by atoms with E-state index in [1.807, 2.05) is 18.2 Å². The molecule has 0 spiro atoms. The molecule has 0 saturated carbocycles. The molecule has 1 saturated heterocycles. The highest BCUT2D eigenvalue weighted by atomic mass is 16.5. The van der Waals surface area contributed by atoms with Crippen molar-refractivity contribution in [3.05, 3.63) is 53.6 Å². The lowest BCUT2D eigenvalue weighted by molar-refractivity contribution is -0.124. The van der Waals surface area contributed by atoms with Gasteiger partial charge in [0.05, 0.1) is 14.2 Å². The summed E-state index contributed by atoms with van der Waals surface area (Å²) in [6.45, 7) is 0.959. The molecule has 29 heavy (non-hydrogen) atoms. The van der Waals surface area contributed by atoms with Crippen molar-refractivity contribution in [3.8, 4) is 11.5 Å². The van der Waals surface area contributed by atoms with Gasteiger partial charge in [0.2, 0.25) is 0 Å². The van der Waals surface area contributed by atoms with E-state index < -0.39 is 6.10 Å². The predicted octanol–water partition coefficient (Wildman–Crippen LogP) is 3.09. The van der Waals surface area contributed by atoms with Crippen molar-refractivity contribution in [2.24, 2.45) is 0 Å². The maximum Gasteiger partial charge on any atom is 0.253 e. The number of carbonyl (C=O) groups excluding carboxylic acids is 2. The van der Waals surface area contributed by atoms with Gasteiger partial charge in [-0.3, -0.25) is 9.59 Å². The largest absolute Gasteiger partial charge is 0.493 e. The highest BCUT2D eigenvalue weighted by Crippen LogP contribution is 2.31. The number of hydrogen-bond donors (Lipinski definition) is 1. The van der Waals surface area contributed by atoms with Crippen molar-refractivity contribution in [2.45, 2.75) is 25.5 Å². The first-order valence-corrected chi connectivity index (χ1v) is 9.51. The molecule has 0 aromatic heterocycles. The second kappa shape index (κ2) is 9.43. The average molecular weight is 398 g/mol. The summed E-state index contributed by atoms with van der Waals surface area (Å²) in [7, 11) is 4.87. The first kappa shape index (κ1) is 20.7. The van der Waals surface area contributed by atoms with Crippen molar-refractivity contribution < 1.29 is 23.8 Å². The van der Waals surface area contributed by atoms with Crippen LogP contribution in [0.5, 0.6) is 11.5 Å². The Morgan fingerprint density at radius 1 is 1.17 bits per heavy atom. The first-order chi connectivity index (χ1) is 14.0. The summed E-state index contributed by atoms with van der Waals surface area (Å²) in [6.07, 6.45) is 1.18. The van der Waals surface area contributed by atoms with Crippen LogP contribution in [0, 0.1) is 0 Å². The van der Waals surface area contributed by atoms with Gasteiger partial charge in [-0.05, 0) is 37.1 Å². The normalized spacial score (nSPS) is 15.6. The smallest absolute Gasteiger partial charge is 0.253 e. The molecule has 2 aromatic rings. The molecule has 1 heterocycles. The lowest BCUT2D eigenvalue weighted by Crippen LogP contribution is -2.28. The fourth-order valence-corrected chi connectivity index (χ4v) is 3.36. The van der Waals surface area contributed by atoms with Crippen LogP contribution in [-0.4, -0.2) is 50.7 Å². The predicted molar refractivity (Wildman–Crippen MR) is 109 cm³/mol. The highest BCUT2D eigenvalue weighted by molar-refractivity contribution is 5.98. The van der Waals surface area contributed by atoms with Crippen LogP contribution < -0.4 is 14.8 Å². The van der Waals surface area contributed by atoms with E-state index in [4.69, 9.17) is 14.2 Å². The Morgan fingerprint density at radius 2 is 1.97 bits per heavy atom. The SMILES string of the molecule is COc1cccc(CN(C)C(=O)c2cccc(NC(=O)[C@@H]3CCCO3)c2)c1OC. The number of rotatable bonds is 7. The van der Waals surface area contributed by atoms with Gasteiger partial charge in [0.25, 0.3) is 11.8 Å². The molecule has 154 valence electrons. The zero-order valence-corrected chi connectivity index (χ0v) is 16.9. The molecule has 0 aliphatic carbocycles. The number of para-hydroxylation sites is 1. The molecule has 1 fully saturated rings. The molecule has 7 nitrogen and oxygen atoms in total. The summed E-state index contributed by atoms with van der Waals surface area (Å²) in [5.41, 5.74) is 1.90. The summed E-state index contributed by atoms with van der Waals surface area (Å²) in [6, 6.07) is 12.5. The minimum absolute atomic E-state index is 0.164. The van der Waals surface area contributed by atoms with Gasteiger partial charge in [0.15, 0.2) is 11.5 Å². The molecule has 7 heteroatoms. The number of methoxy groups -OCH3 is 2. The van der Waals surface area contributed by atoms with Gasteiger partial charge in [0, 0.05) is 37.0 Å². The van der Waals surface area contributed by atoms with Crippen LogP contribution >= 0.6 is 0 Å². The van der Waals surface area contributed by atoms with E-state index in [-0.39, 0.29) is 11.8 Å². The number of nitrogens with one attached hydrogen (secondary N) is 1. The quantitative estimate of drug-likeness (QED) is 0.776. The van der Waals surface area contributed by atoms with E-state index >= 15 is 0 Å². The Morgan fingerprint density at radius 3 is 2.66 bits per heavy atom. The Bertz CT molecular complexity index is 877. The molecule has 3 rings (SSSR count). The number of nitrogens with zero attached hydrogens (tertiary/aromatic N) is 1. The van der Waals surface area contributed by atoms with E-state index in [0.717, 1.165) is 18.4 Å². The minimum atomic E-state index is -0.419. The van der Waals surface area contributed by atoms with Crippen LogP contribution in [0.2, 0.25) is 0 Å². The van der Waals surface area contributed by atoms with Crippen molar-refractivity contribution in [2.75, 3.05) is 33.2 Å². The summed E-state index contributed by atoms with van der Waals surface area (Å²) in [4.78, 5) is 26.8. The van der Waals surface area contributed by atoms with Gasteiger partial charge >= 0.3 is 0 Å². The number of hydrogen-bond acceptors (Lipinski definition) is 5. The third-order valence-electron chi connectivity index (χ3n) is 4.84. The Balaban J connectivity index is 1.71. The topological polar surface area (TPSA) is 77.1 Å². The van der Waals surface area contributed by atoms with Crippen molar-refractivity contribution in [1.82, 2.24) is 4.90 Å². The number of anilines is 1. The molecular formula is C22H26N2O5. The van der Waals surface area contributed by atoms with Crippen LogP contribution in [0.25, 0.3) is 0 Å². The van der Waals surface area contributed by atoms with Crippen LogP contribution in [0.4, 0.5) is 5.69 Å². The summed E-state index contributed by atoms with van der Waals surface area (Å²) in [5.74, 6) is 0.876. The van der Waals surface area contributed by atoms with Crippen molar-refractivity contribution >= 4 is 17.5 Å². The van der Waals surface area contributed by atoms with Gasteiger partial charge in [-0.25, -0.2) is 0 Å². The fraction of sp³-hybridized carbons (Fsp3) is 0.364. The van der Waals surface area contributed by atoms with Crippen LogP contribution in [0.15, 0.2) is 42.5 Å². The lowest BCUT2D eigenvalue weighted by atomic mass is 10.1. The Kier molecular flexibility index (Phi) is 6.72. The minimum Gasteiger partial charge on any atom is -0.493 e. The number of amides is 2. The second-order valence-corrected chi connectivity index (χ2v) is 6.89. The van der Waals surface area contributed by atoms with Crippen molar-refractivity contribution in [3.63, 3.8) is 0 Å².